The molecule has 1 spiro atoms. The van der Waals surface area contributed by atoms with Crippen molar-refractivity contribution in [3.63, 3.8) is 0 Å². The highest BCUT2D eigenvalue weighted by Crippen LogP contribution is 2.57. The van der Waals surface area contributed by atoms with Crippen LogP contribution in [0.3, 0.4) is 0 Å². The molecule has 1 aromatic carbocycles. The van der Waals surface area contributed by atoms with E-state index in [9.17, 15) is 19.5 Å². The van der Waals surface area contributed by atoms with Crippen molar-refractivity contribution in [1.82, 2.24) is 19.6 Å². The molecular formula is C31H40N4O6. The highest BCUT2D eigenvalue weighted by atomic mass is 16.5. The summed E-state index contributed by atoms with van der Waals surface area (Å²) in [4.78, 5) is 50.3. The summed E-state index contributed by atoms with van der Waals surface area (Å²) in [5, 5.41) is 9.63. The third kappa shape index (κ3) is 4.90. The SMILES string of the molecule is C[C@]12C=CCN(Cc3ccccc3)C(=O)[C@H]1[C@H]1C(=O)N(CCCO)C3C(=O)N(CCN4CCOCC4)CC=C[C@@]31O2. The summed E-state index contributed by atoms with van der Waals surface area (Å²) in [5.41, 5.74) is -1.31. The molecule has 5 atom stereocenters. The lowest BCUT2D eigenvalue weighted by molar-refractivity contribution is -0.153. The molecule has 10 nitrogen and oxygen atoms in total. The molecule has 0 aromatic heterocycles. The van der Waals surface area contributed by atoms with Gasteiger partial charge in [0.1, 0.15) is 11.6 Å². The third-order valence-corrected chi connectivity index (χ3v) is 9.29. The number of fused-ring (bicyclic) bond motifs is 2. The lowest BCUT2D eigenvalue weighted by Gasteiger charge is -2.38. The lowest BCUT2D eigenvalue weighted by atomic mass is 9.74. The van der Waals surface area contributed by atoms with Gasteiger partial charge in [-0.2, -0.15) is 0 Å². The van der Waals surface area contributed by atoms with Crippen LogP contribution < -0.4 is 0 Å². The molecule has 5 aliphatic rings. The van der Waals surface area contributed by atoms with E-state index in [0.717, 1.165) is 18.7 Å². The molecule has 3 fully saturated rings. The van der Waals surface area contributed by atoms with Crippen molar-refractivity contribution < 1.29 is 29.0 Å². The lowest BCUT2D eigenvalue weighted by Crippen LogP contribution is -2.56. The summed E-state index contributed by atoms with van der Waals surface area (Å²) in [5.74, 6) is -2.20. The topological polar surface area (TPSA) is 103 Å². The Morgan fingerprint density at radius 3 is 2.37 bits per heavy atom. The summed E-state index contributed by atoms with van der Waals surface area (Å²) >= 11 is 0. The second-order valence-electron chi connectivity index (χ2n) is 11.9. The first-order chi connectivity index (χ1) is 19.9. The second-order valence-corrected chi connectivity index (χ2v) is 11.9. The van der Waals surface area contributed by atoms with E-state index in [2.05, 4.69) is 4.90 Å². The number of hydrogen-bond donors (Lipinski definition) is 1. The molecule has 1 unspecified atom stereocenters. The Bertz CT molecular complexity index is 1220. The van der Waals surface area contributed by atoms with Crippen LogP contribution in [0.1, 0.15) is 18.9 Å². The van der Waals surface area contributed by atoms with E-state index >= 15 is 0 Å². The Kier molecular flexibility index (Phi) is 7.76. The van der Waals surface area contributed by atoms with Gasteiger partial charge >= 0.3 is 0 Å². The molecule has 41 heavy (non-hydrogen) atoms. The molecule has 0 radical (unpaired) electrons. The van der Waals surface area contributed by atoms with Gasteiger partial charge in [0.05, 0.1) is 30.7 Å². The highest BCUT2D eigenvalue weighted by Gasteiger charge is 2.74. The standard InChI is InChI=1S/C31H40N4O6/c1-30-10-5-13-34(22-23-8-3-2-4-9-23)27(37)24(30)25-28(38)35(14-7-19-36)26-29(39)33(12-6-11-31(25,26)41-30)16-15-32-17-20-40-21-18-32/h2-6,8-11,24-26,36H,7,12-22H2,1H3/t24-,25+,26?,30+,31+/m1/s1. The first-order valence-electron chi connectivity index (χ1n) is 14.8. The van der Waals surface area contributed by atoms with E-state index in [0.29, 0.717) is 52.4 Å². The molecule has 3 saturated heterocycles. The number of hydrogen-bond acceptors (Lipinski definition) is 7. The monoisotopic (exact) mass is 564 g/mol. The van der Waals surface area contributed by atoms with Gasteiger partial charge in [-0.15, -0.1) is 0 Å². The smallest absolute Gasteiger partial charge is 0.249 e. The van der Waals surface area contributed by atoms with E-state index in [-0.39, 0.29) is 30.9 Å². The van der Waals surface area contributed by atoms with Gasteiger partial charge < -0.3 is 29.3 Å². The number of morpholine rings is 1. The Labute approximate surface area is 241 Å². The molecule has 0 aliphatic carbocycles. The number of amides is 3. The number of aliphatic hydroxyl groups is 1. The van der Waals surface area contributed by atoms with Crippen LogP contribution in [0.4, 0.5) is 0 Å². The van der Waals surface area contributed by atoms with Gasteiger partial charge in [0.2, 0.25) is 17.7 Å². The number of aliphatic hydroxyl groups excluding tert-OH is 1. The first-order valence-corrected chi connectivity index (χ1v) is 14.8. The van der Waals surface area contributed by atoms with Gasteiger partial charge in [-0.1, -0.05) is 54.6 Å². The third-order valence-electron chi connectivity index (χ3n) is 9.29. The minimum atomic E-state index is -1.27. The predicted octanol–water partition coefficient (Wildman–Crippen LogP) is 0.669. The number of carbonyl (C=O) groups excluding carboxylic acids is 3. The van der Waals surface area contributed by atoms with Gasteiger partial charge in [0.25, 0.3) is 0 Å². The number of carbonyl (C=O) groups is 3. The molecule has 1 N–H and O–H groups in total. The van der Waals surface area contributed by atoms with Crippen molar-refractivity contribution in [2.45, 2.75) is 37.1 Å². The summed E-state index contributed by atoms with van der Waals surface area (Å²) < 4.78 is 12.3. The van der Waals surface area contributed by atoms with Crippen LogP contribution >= 0.6 is 0 Å². The van der Waals surface area contributed by atoms with Crippen LogP contribution in [-0.2, 0) is 30.4 Å². The molecule has 0 saturated carbocycles. The van der Waals surface area contributed by atoms with Crippen LogP contribution in [0.25, 0.3) is 0 Å². The maximum Gasteiger partial charge on any atom is 0.249 e. The second kappa shape index (κ2) is 11.3. The fourth-order valence-corrected chi connectivity index (χ4v) is 7.33. The molecule has 1 aromatic rings. The molecule has 220 valence electrons. The summed E-state index contributed by atoms with van der Waals surface area (Å²) in [7, 11) is 0. The maximum absolute atomic E-state index is 14.3. The number of nitrogens with zero attached hydrogens (tertiary/aromatic N) is 4. The molecule has 3 amide bonds. The summed E-state index contributed by atoms with van der Waals surface area (Å²) in [6.45, 7) is 7.48. The van der Waals surface area contributed by atoms with Gasteiger partial charge in [0.15, 0.2) is 0 Å². The van der Waals surface area contributed by atoms with Crippen molar-refractivity contribution in [3.8, 4) is 0 Å². The quantitative estimate of drug-likeness (QED) is 0.463. The normalized spacial score (nSPS) is 33.6. The van der Waals surface area contributed by atoms with Crippen molar-refractivity contribution in [3.05, 3.63) is 60.2 Å². The van der Waals surface area contributed by atoms with E-state index in [1.807, 2.05) is 61.6 Å². The molecule has 5 heterocycles. The fourth-order valence-electron chi connectivity index (χ4n) is 7.33. The molecule has 5 aliphatic heterocycles. The number of benzene rings is 1. The molecule has 0 bridgehead atoms. The zero-order chi connectivity index (χ0) is 28.6. The van der Waals surface area contributed by atoms with Crippen molar-refractivity contribution in [2.75, 3.05) is 65.6 Å². The minimum absolute atomic E-state index is 0.104. The van der Waals surface area contributed by atoms with Gasteiger partial charge in [-0.25, -0.2) is 0 Å². The first kappa shape index (κ1) is 28.1. The average Bonchev–Trinajstić information content (AvgIpc) is 3.25. The van der Waals surface area contributed by atoms with E-state index < -0.39 is 29.1 Å². The van der Waals surface area contributed by atoms with E-state index in [1.165, 1.54) is 0 Å². The molecule has 6 rings (SSSR count). The Hall–Kier alpha value is -3.05. The predicted molar refractivity (Wildman–Crippen MR) is 150 cm³/mol. The number of ether oxygens (including phenoxy) is 2. The summed E-state index contributed by atoms with van der Waals surface area (Å²) in [6.07, 6.45) is 8.01. The van der Waals surface area contributed by atoms with E-state index in [4.69, 9.17) is 9.47 Å². The maximum atomic E-state index is 14.3. The molecular weight excluding hydrogens is 524 g/mol. The van der Waals surface area contributed by atoms with Crippen LogP contribution in [0.15, 0.2) is 54.6 Å². The Morgan fingerprint density at radius 1 is 0.878 bits per heavy atom. The largest absolute Gasteiger partial charge is 0.396 e. The van der Waals surface area contributed by atoms with Crippen molar-refractivity contribution in [1.29, 1.82) is 0 Å². The van der Waals surface area contributed by atoms with Crippen LogP contribution in [0.5, 0.6) is 0 Å². The average molecular weight is 565 g/mol. The fraction of sp³-hybridized carbons (Fsp3) is 0.581. The Morgan fingerprint density at radius 2 is 1.61 bits per heavy atom. The van der Waals surface area contributed by atoms with Crippen LogP contribution in [0.2, 0.25) is 0 Å². The van der Waals surface area contributed by atoms with Crippen molar-refractivity contribution in [2.24, 2.45) is 11.8 Å². The van der Waals surface area contributed by atoms with E-state index in [1.54, 1.807) is 14.7 Å². The van der Waals surface area contributed by atoms with Crippen molar-refractivity contribution >= 4 is 17.7 Å². The summed E-state index contributed by atoms with van der Waals surface area (Å²) in [6, 6.07) is 8.91. The number of likely N-dealkylation sites (tertiary alicyclic amines) is 1. The highest BCUT2D eigenvalue weighted by molar-refractivity contribution is 6.00. The minimum Gasteiger partial charge on any atom is -0.396 e. The van der Waals surface area contributed by atoms with Crippen LogP contribution in [-0.4, -0.2) is 125 Å². The number of rotatable bonds is 8. The zero-order valence-electron chi connectivity index (χ0n) is 23.7. The van der Waals surface area contributed by atoms with Gasteiger partial charge in [-0.3, -0.25) is 19.3 Å². The molecule has 10 heteroatoms. The van der Waals surface area contributed by atoms with Gasteiger partial charge in [0, 0.05) is 59.0 Å². The Balaban J connectivity index is 1.33. The van der Waals surface area contributed by atoms with Gasteiger partial charge in [-0.05, 0) is 18.9 Å². The zero-order valence-corrected chi connectivity index (χ0v) is 23.7. The van der Waals surface area contributed by atoms with Crippen LogP contribution in [0, 0.1) is 11.8 Å².